The smallest absolute Gasteiger partial charge is 0.351 e. The van der Waals surface area contributed by atoms with E-state index >= 15 is 0 Å². The molecule has 0 aromatic carbocycles. The Morgan fingerprint density at radius 1 is 1.78 bits per heavy atom. The zero-order valence-corrected chi connectivity index (χ0v) is 10.2. The summed E-state index contributed by atoms with van der Waals surface area (Å²) in [6, 6.07) is 1.51. The minimum absolute atomic E-state index is 0.156. The number of aliphatic hydroxyl groups is 1. The first-order valence-electron chi connectivity index (χ1n) is 5.36. The maximum Gasteiger partial charge on any atom is 0.351 e. The van der Waals surface area contributed by atoms with E-state index in [1.54, 1.807) is 0 Å². The van der Waals surface area contributed by atoms with Crippen molar-refractivity contribution in [2.75, 3.05) is 12.3 Å². The highest BCUT2D eigenvalue weighted by Crippen LogP contribution is 2.35. The first kappa shape index (κ1) is 12.9. The van der Waals surface area contributed by atoms with Gasteiger partial charge in [-0.15, -0.1) is 0 Å². The van der Waals surface area contributed by atoms with Gasteiger partial charge in [0.25, 0.3) is 0 Å². The second kappa shape index (κ2) is 4.98. The van der Waals surface area contributed by atoms with Crippen molar-refractivity contribution in [1.29, 1.82) is 0 Å². The fraction of sp³-hybridized carbons (Fsp3) is 0.455. The topological polar surface area (TPSA) is 90.4 Å². The molecule has 96 valence electrons. The monoisotopic (exact) mass is 269 g/mol. The molecule has 2 rings (SSSR count). The van der Waals surface area contributed by atoms with Crippen molar-refractivity contribution in [2.24, 2.45) is 0 Å². The highest BCUT2D eigenvalue weighted by molar-refractivity contribution is 6.30. The molecule has 1 saturated heterocycles. The predicted octanol–water partition coefficient (Wildman–Crippen LogP) is 0.0653. The van der Waals surface area contributed by atoms with E-state index in [9.17, 15) is 9.90 Å². The number of nitrogens with zero attached hydrogens (tertiary/aromatic N) is 2. The van der Waals surface area contributed by atoms with Crippen LogP contribution in [0.5, 0.6) is 0 Å². The van der Waals surface area contributed by atoms with Crippen LogP contribution in [0.1, 0.15) is 19.1 Å². The van der Waals surface area contributed by atoms with Crippen molar-refractivity contribution in [2.45, 2.75) is 24.7 Å². The Morgan fingerprint density at radius 2 is 2.56 bits per heavy atom. The second-order valence-electron chi connectivity index (χ2n) is 4.03. The molecular weight excluding hydrogens is 258 g/mol. The average Bonchev–Trinajstić information content (AvgIpc) is 2.74. The van der Waals surface area contributed by atoms with E-state index < -0.39 is 17.5 Å². The van der Waals surface area contributed by atoms with E-state index in [0.717, 1.165) is 0 Å². The summed E-state index contributed by atoms with van der Waals surface area (Å²) in [5.74, 6) is 2.78. The molecule has 0 amide bonds. The van der Waals surface area contributed by atoms with Gasteiger partial charge >= 0.3 is 5.69 Å². The molecule has 18 heavy (non-hydrogen) atoms. The van der Waals surface area contributed by atoms with Gasteiger partial charge in [0, 0.05) is 11.6 Å². The molecule has 2 unspecified atom stereocenters. The number of hydrogen-bond acceptors (Lipinski definition) is 5. The van der Waals surface area contributed by atoms with Crippen molar-refractivity contribution < 1.29 is 9.84 Å². The number of nitrogens with two attached hydrogens (primary N) is 1. The van der Waals surface area contributed by atoms with E-state index in [1.807, 2.05) is 0 Å². The van der Waals surface area contributed by atoms with Gasteiger partial charge in [0.05, 0.1) is 6.61 Å². The first-order chi connectivity index (χ1) is 8.60. The number of ether oxygens (including phenoxy) is 1. The van der Waals surface area contributed by atoms with Crippen LogP contribution in [0.15, 0.2) is 17.1 Å². The van der Waals surface area contributed by atoms with Crippen LogP contribution in [0.25, 0.3) is 0 Å². The lowest BCUT2D eigenvalue weighted by Crippen LogP contribution is -2.33. The molecule has 0 radical (unpaired) electrons. The molecule has 1 fully saturated rings. The summed E-state index contributed by atoms with van der Waals surface area (Å²) < 4.78 is 6.94. The van der Waals surface area contributed by atoms with Gasteiger partial charge in [-0.25, -0.2) is 4.79 Å². The summed E-state index contributed by atoms with van der Waals surface area (Å²) in [4.78, 5) is 15.3. The predicted molar refractivity (Wildman–Crippen MR) is 65.7 cm³/mol. The molecule has 3 N–H and O–H groups in total. The lowest BCUT2D eigenvalue weighted by molar-refractivity contribution is -0.0648. The Bertz CT molecular complexity index is 563. The number of nitrogen functional groups attached to an aromatic ring is 1. The second-order valence-corrected chi connectivity index (χ2v) is 4.21. The number of anilines is 1. The van der Waals surface area contributed by atoms with Crippen molar-refractivity contribution in [3.63, 3.8) is 0 Å². The van der Waals surface area contributed by atoms with Gasteiger partial charge in [0.1, 0.15) is 12.0 Å². The fourth-order valence-electron chi connectivity index (χ4n) is 1.91. The van der Waals surface area contributed by atoms with Crippen molar-refractivity contribution in [3.8, 4) is 11.3 Å². The van der Waals surface area contributed by atoms with E-state index in [0.29, 0.717) is 12.8 Å². The third kappa shape index (κ3) is 2.34. The van der Waals surface area contributed by atoms with E-state index in [-0.39, 0.29) is 12.4 Å². The van der Waals surface area contributed by atoms with E-state index in [2.05, 4.69) is 16.3 Å². The Balaban J connectivity index is 2.27. The molecule has 0 aliphatic carbocycles. The molecule has 1 aliphatic heterocycles. The SMILES string of the molecule is Nc1ccn(C2CCC(C#CCl)(CO)O2)c(=O)n1. The van der Waals surface area contributed by atoms with Crippen LogP contribution in [0.3, 0.4) is 0 Å². The van der Waals surface area contributed by atoms with Crippen LogP contribution in [-0.2, 0) is 4.74 Å². The summed E-state index contributed by atoms with van der Waals surface area (Å²) in [6.07, 6.45) is 2.02. The van der Waals surface area contributed by atoms with E-state index in [4.69, 9.17) is 22.1 Å². The standard InChI is InChI=1S/C11H12ClN3O3/c12-5-4-11(7-16)3-1-9(18-11)15-6-2-8(13)14-10(15)17/h2,6,9,16H,1,3,7H2,(H2,13,14,17). The largest absolute Gasteiger partial charge is 0.392 e. The highest BCUT2D eigenvalue weighted by atomic mass is 35.5. The molecule has 7 heteroatoms. The van der Waals surface area contributed by atoms with Crippen LogP contribution >= 0.6 is 11.6 Å². The normalized spacial score (nSPS) is 26.7. The van der Waals surface area contributed by atoms with Crippen molar-refractivity contribution in [1.82, 2.24) is 9.55 Å². The fourth-order valence-corrected chi connectivity index (χ4v) is 2.08. The third-order valence-electron chi connectivity index (χ3n) is 2.85. The quantitative estimate of drug-likeness (QED) is 0.741. The maximum absolute atomic E-state index is 11.7. The van der Waals surface area contributed by atoms with Crippen molar-refractivity contribution in [3.05, 3.63) is 22.7 Å². The number of hydrogen-bond donors (Lipinski definition) is 2. The van der Waals surface area contributed by atoms with Gasteiger partial charge < -0.3 is 15.6 Å². The molecule has 6 nitrogen and oxygen atoms in total. The summed E-state index contributed by atoms with van der Waals surface area (Å²) in [6.45, 7) is -0.277. The zero-order valence-electron chi connectivity index (χ0n) is 9.47. The van der Waals surface area contributed by atoms with Crippen LogP contribution in [0, 0.1) is 11.3 Å². The van der Waals surface area contributed by atoms with Gasteiger partial charge in [-0.05, 0) is 36.4 Å². The lowest BCUT2D eigenvalue weighted by atomic mass is 10.0. The maximum atomic E-state index is 11.7. The minimum atomic E-state index is -1.01. The van der Waals surface area contributed by atoms with E-state index in [1.165, 1.54) is 16.8 Å². The molecule has 1 aliphatic rings. The number of rotatable bonds is 2. The Hall–Kier alpha value is -1.55. The molecule has 1 aromatic heterocycles. The first-order valence-corrected chi connectivity index (χ1v) is 5.74. The van der Waals surface area contributed by atoms with Crippen molar-refractivity contribution >= 4 is 17.4 Å². The van der Waals surface area contributed by atoms with Gasteiger partial charge in [0.15, 0.2) is 5.60 Å². The molecule has 1 aromatic rings. The molecule has 2 heterocycles. The molecule has 0 saturated carbocycles. The third-order valence-corrected chi connectivity index (χ3v) is 2.94. The van der Waals surface area contributed by atoms with Gasteiger partial charge in [-0.2, -0.15) is 4.98 Å². The number of halogens is 1. The summed E-state index contributed by atoms with van der Waals surface area (Å²) >= 11 is 5.35. The van der Waals surface area contributed by atoms with Gasteiger partial charge in [-0.3, -0.25) is 4.57 Å². The van der Waals surface area contributed by atoms with Crippen LogP contribution in [-0.4, -0.2) is 26.9 Å². The molecular formula is C11H12ClN3O3. The molecule has 0 spiro atoms. The van der Waals surface area contributed by atoms with Gasteiger partial charge in [0.2, 0.25) is 0 Å². The molecule has 2 atom stereocenters. The average molecular weight is 270 g/mol. The summed E-state index contributed by atoms with van der Waals surface area (Å²) in [5, 5.41) is 11.5. The minimum Gasteiger partial charge on any atom is -0.392 e. The highest BCUT2D eigenvalue weighted by Gasteiger charge is 2.39. The lowest BCUT2D eigenvalue weighted by Gasteiger charge is -2.21. The summed E-state index contributed by atoms with van der Waals surface area (Å²) in [7, 11) is 0. The zero-order chi connectivity index (χ0) is 13.2. The summed E-state index contributed by atoms with van der Waals surface area (Å²) in [5.41, 5.74) is 3.91. The Kier molecular flexibility index (Phi) is 3.57. The Labute approximate surface area is 108 Å². The van der Waals surface area contributed by atoms with Crippen LogP contribution in [0.4, 0.5) is 5.82 Å². The number of aliphatic hydroxyl groups excluding tert-OH is 1. The number of aromatic nitrogens is 2. The van der Waals surface area contributed by atoms with Crippen LogP contribution < -0.4 is 11.4 Å². The molecule has 0 bridgehead atoms. The van der Waals surface area contributed by atoms with Gasteiger partial charge in [-0.1, -0.05) is 0 Å². The Morgan fingerprint density at radius 3 is 3.17 bits per heavy atom. The van der Waals surface area contributed by atoms with Crippen LogP contribution in [0.2, 0.25) is 0 Å².